The van der Waals surface area contributed by atoms with Gasteiger partial charge in [0.1, 0.15) is 0 Å². The van der Waals surface area contributed by atoms with E-state index in [9.17, 15) is 0 Å². The first kappa shape index (κ1) is 17.7. The van der Waals surface area contributed by atoms with E-state index in [1.54, 1.807) is 0 Å². The third-order valence-electron chi connectivity index (χ3n) is 3.24. The number of hydrogen-bond donors (Lipinski definition) is 1. The molecule has 0 bridgehead atoms. The Bertz CT molecular complexity index is 332. The van der Waals surface area contributed by atoms with Crippen LogP contribution in [0.25, 0.3) is 0 Å². The molecule has 0 aromatic carbocycles. The van der Waals surface area contributed by atoms with Gasteiger partial charge >= 0.3 is 0 Å². The van der Waals surface area contributed by atoms with Crippen molar-refractivity contribution in [1.29, 1.82) is 0 Å². The SMILES string of the molecule is CCCCCCCC(NCCC)c1cc(Br)c(Br)s1. The number of rotatable bonds is 10. The molecular weight excluding hydrogens is 386 g/mol. The van der Waals surface area contributed by atoms with Gasteiger partial charge in [0, 0.05) is 15.4 Å². The molecule has 0 fully saturated rings. The van der Waals surface area contributed by atoms with Crippen molar-refractivity contribution in [2.75, 3.05) is 6.54 Å². The monoisotopic (exact) mass is 409 g/mol. The fourth-order valence-electron chi connectivity index (χ4n) is 2.15. The molecule has 4 heteroatoms. The smallest absolute Gasteiger partial charge is 0.0843 e. The van der Waals surface area contributed by atoms with E-state index < -0.39 is 0 Å². The van der Waals surface area contributed by atoms with E-state index in [0.717, 1.165) is 6.54 Å². The molecule has 1 rings (SSSR count). The lowest BCUT2D eigenvalue weighted by Crippen LogP contribution is -2.21. The molecule has 0 radical (unpaired) electrons. The minimum Gasteiger partial charge on any atom is -0.309 e. The third kappa shape index (κ3) is 6.74. The molecule has 110 valence electrons. The summed E-state index contributed by atoms with van der Waals surface area (Å²) in [7, 11) is 0. The van der Waals surface area contributed by atoms with Crippen LogP contribution in [0.2, 0.25) is 0 Å². The summed E-state index contributed by atoms with van der Waals surface area (Å²) in [4.78, 5) is 1.45. The molecule has 1 heterocycles. The summed E-state index contributed by atoms with van der Waals surface area (Å²) >= 11 is 9.04. The van der Waals surface area contributed by atoms with Gasteiger partial charge in [0.2, 0.25) is 0 Å². The summed E-state index contributed by atoms with van der Waals surface area (Å²) in [5, 5.41) is 3.69. The van der Waals surface area contributed by atoms with E-state index in [-0.39, 0.29) is 0 Å². The lowest BCUT2D eigenvalue weighted by Gasteiger charge is -2.17. The highest BCUT2D eigenvalue weighted by atomic mass is 79.9. The van der Waals surface area contributed by atoms with Gasteiger partial charge in [0.15, 0.2) is 0 Å². The fourth-order valence-corrected chi connectivity index (χ4v) is 4.35. The molecule has 0 spiro atoms. The van der Waals surface area contributed by atoms with E-state index in [0.29, 0.717) is 6.04 Å². The largest absolute Gasteiger partial charge is 0.309 e. The second-order valence-corrected chi connectivity index (χ2v) is 8.24. The highest BCUT2D eigenvalue weighted by molar-refractivity contribution is 9.13. The Hall–Kier alpha value is 0.620. The molecule has 0 aliphatic heterocycles. The van der Waals surface area contributed by atoms with Crippen LogP contribution in [0.1, 0.15) is 69.7 Å². The molecule has 1 aromatic heterocycles. The van der Waals surface area contributed by atoms with E-state index in [1.807, 2.05) is 11.3 Å². The van der Waals surface area contributed by atoms with Gasteiger partial charge in [-0.15, -0.1) is 11.3 Å². The minimum absolute atomic E-state index is 0.522. The summed E-state index contributed by atoms with van der Waals surface area (Å²) in [5.74, 6) is 0. The van der Waals surface area contributed by atoms with Crippen molar-refractivity contribution >= 4 is 43.2 Å². The lowest BCUT2D eigenvalue weighted by atomic mass is 10.1. The maximum Gasteiger partial charge on any atom is 0.0843 e. The Balaban J connectivity index is 2.46. The average Bonchev–Trinajstić information content (AvgIpc) is 2.73. The van der Waals surface area contributed by atoms with Crippen LogP contribution < -0.4 is 5.32 Å². The molecule has 1 unspecified atom stereocenters. The molecule has 1 atom stereocenters. The third-order valence-corrected chi connectivity index (χ3v) is 6.61. The second kappa shape index (κ2) is 10.4. The second-order valence-electron chi connectivity index (χ2n) is 4.98. The molecule has 1 aromatic rings. The zero-order valence-electron chi connectivity index (χ0n) is 12.0. The molecular formula is C15H25Br2NS. The highest BCUT2D eigenvalue weighted by Gasteiger charge is 2.14. The van der Waals surface area contributed by atoms with Crippen molar-refractivity contribution in [3.8, 4) is 0 Å². The zero-order valence-corrected chi connectivity index (χ0v) is 16.0. The Morgan fingerprint density at radius 2 is 1.84 bits per heavy atom. The van der Waals surface area contributed by atoms with E-state index in [2.05, 4.69) is 57.1 Å². The van der Waals surface area contributed by atoms with E-state index in [1.165, 1.54) is 58.1 Å². The standard InChI is InChI=1S/C15H25Br2NS/c1-3-5-6-7-8-9-13(18-10-4-2)14-11-12(16)15(17)19-14/h11,13,18H,3-10H2,1-2H3. The maximum absolute atomic E-state index is 3.69. The highest BCUT2D eigenvalue weighted by Crippen LogP contribution is 2.37. The quantitative estimate of drug-likeness (QED) is 0.424. The van der Waals surface area contributed by atoms with Crippen LogP contribution in [0.5, 0.6) is 0 Å². The van der Waals surface area contributed by atoms with Gasteiger partial charge < -0.3 is 5.32 Å². The number of nitrogens with one attached hydrogen (secondary N) is 1. The van der Waals surface area contributed by atoms with Gasteiger partial charge in [-0.2, -0.15) is 0 Å². The topological polar surface area (TPSA) is 12.0 Å². The van der Waals surface area contributed by atoms with Gasteiger partial charge in [-0.25, -0.2) is 0 Å². The summed E-state index contributed by atoms with van der Waals surface area (Å²) in [6, 6.07) is 2.78. The minimum atomic E-state index is 0.522. The first-order valence-corrected chi connectivity index (χ1v) is 9.77. The van der Waals surface area contributed by atoms with Crippen molar-refractivity contribution in [1.82, 2.24) is 5.32 Å². The van der Waals surface area contributed by atoms with Crippen LogP contribution in [-0.4, -0.2) is 6.54 Å². The first-order chi connectivity index (χ1) is 9.19. The van der Waals surface area contributed by atoms with Gasteiger partial charge in [-0.1, -0.05) is 46.0 Å². The van der Waals surface area contributed by atoms with Crippen LogP contribution in [-0.2, 0) is 0 Å². The van der Waals surface area contributed by atoms with Gasteiger partial charge in [0.05, 0.1) is 3.79 Å². The predicted octanol–water partition coefficient (Wildman–Crippen LogP) is 6.67. The predicted molar refractivity (Wildman–Crippen MR) is 94.1 cm³/mol. The number of hydrogen-bond acceptors (Lipinski definition) is 2. The molecule has 0 amide bonds. The van der Waals surface area contributed by atoms with Crippen LogP contribution in [0, 0.1) is 0 Å². The van der Waals surface area contributed by atoms with Gasteiger partial charge in [-0.3, -0.25) is 0 Å². The molecule has 0 aliphatic rings. The van der Waals surface area contributed by atoms with E-state index >= 15 is 0 Å². The summed E-state index contributed by atoms with van der Waals surface area (Å²) in [6.45, 7) is 5.60. The van der Waals surface area contributed by atoms with Crippen LogP contribution in [0.15, 0.2) is 14.3 Å². The van der Waals surface area contributed by atoms with Crippen molar-refractivity contribution in [3.05, 3.63) is 19.2 Å². The molecule has 19 heavy (non-hydrogen) atoms. The average molecular weight is 411 g/mol. The first-order valence-electron chi connectivity index (χ1n) is 7.37. The van der Waals surface area contributed by atoms with Crippen molar-refractivity contribution in [3.63, 3.8) is 0 Å². The normalized spacial score (nSPS) is 12.8. The Labute approximate surface area is 138 Å². The summed E-state index contributed by atoms with van der Waals surface area (Å²) < 4.78 is 2.39. The Kier molecular flexibility index (Phi) is 9.64. The van der Waals surface area contributed by atoms with Crippen LogP contribution in [0.4, 0.5) is 0 Å². The molecule has 0 aliphatic carbocycles. The lowest BCUT2D eigenvalue weighted by molar-refractivity contribution is 0.473. The molecule has 0 saturated heterocycles. The number of thiophene rings is 1. The zero-order chi connectivity index (χ0) is 14.1. The van der Waals surface area contributed by atoms with Gasteiger partial charge in [-0.05, 0) is 57.3 Å². The van der Waals surface area contributed by atoms with E-state index in [4.69, 9.17) is 0 Å². The molecule has 1 nitrogen and oxygen atoms in total. The summed E-state index contributed by atoms with van der Waals surface area (Å²) in [5.41, 5.74) is 0. The van der Waals surface area contributed by atoms with Crippen LogP contribution >= 0.6 is 43.2 Å². The summed E-state index contributed by atoms with van der Waals surface area (Å²) in [6.07, 6.45) is 9.23. The molecule has 0 saturated carbocycles. The number of unbranched alkanes of at least 4 members (excludes halogenated alkanes) is 4. The fraction of sp³-hybridized carbons (Fsp3) is 0.733. The Morgan fingerprint density at radius 3 is 2.42 bits per heavy atom. The van der Waals surface area contributed by atoms with Crippen molar-refractivity contribution in [2.24, 2.45) is 0 Å². The van der Waals surface area contributed by atoms with Gasteiger partial charge in [0.25, 0.3) is 0 Å². The van der Waals surface area contributed by atoms with Crippen molar-refractivity contribution < 1.29 is 0 Å². The Morgan fingerprint density at radius 1 is 1.11 bits per heavy atom. The number of halogens is 2. The molecule has 1 N–H and O–H groups in total. The van der Waals surface area contributed by atoms with Crippen molar-refractivity contribution in [2.45, 2.75) is 64.8 Å². The van der Waals surface area contributed by atoms with Crippen LogP contribution in [0.3, 0.4) is 0 Å². The maximum atomic E-state index is 3.69.